The van der Waals surface area contributed by atoms with Gasteiger partial charge in [0.25, 0.3) is 0 Å². The lowest BCUT2D eigenvalue weighted by Crippen LogP contribution is -2.13. The monoisotopic (exact) mass is 229 g/mol. The minimum absolute atomic E-state index is 0.0500. The number of aliphatic hydroxyl groups excluding tert-OH is 1. The molecule has 1 rings (SSSR count). The van der Waals surface area contributed by atoms with Gasteiger partial charge in [0.1, 0.15) is 18.2 Å². The van der Waals surface area contributed by atoms with E-state index >= 15 is 0 Å². The molecule has 0 aliphatic rings. The lowest BCUT2D eigenvalue weighted by molar-refractivity contribution is 0.181. The Balaban J connectivity index is 3.25. The Kier molecular flexibility index (Phi) is 4.52. The highest BCUT2D eigenvalue weighted by molar-refractivity contribution is 5.47. The normalized spacial score (nSPS) is 12.3. The van der Waals surface area contributed by atoms with Gasteiger partial charge in [-0.3, -0.25) is 0 Å². The standard InChI is InChI=1S/C11H16FNO3/c1-15-10-4-11(16-2)8(9(14)6-13)3-7(10)5-12/h3-4,9,14H,5-6,13H2,1-2H3. The molecule has 0 radical (unpaired) electrons. The lowest BCUT2D eigenvalue weighted by Gasteiger charge is -2.16. The van der Waals surface area contributed by atoms with Gasteiger partial charge < -0.3 is 20.3 Å². The number of ether oxygens (including phenoxy) is 2. The van der Waals surface area contributed by atoms with Crippen molar-refractivity contribution in [1.29, 1.82) is 0 Å². The molecule has 0 heterocycles. The van der Waals surface area contributed by atoms with Crippen molar-refractivity contribution >= 4 is 0 Å². The summed E-state index contributed by atoms with van der Waals surface area (Å²) >= 11 is 0. The number of rotatable bonds is 5. The second kappa shape index (κ2) is 5.67. The van der Waals surface area contributed by atoms with Crippen LogP contribution in [0.25, 0.3) is 0 Å². The highest BCUT2D eigenvalue weighted by atomic mass is 19.1. The van der Waals surface area contributed by atoms with Gasteiger partial charge in [0.05, 0.1) is 20.3 Å². The van der Waals surface area contributed by atoms with Crippen LogP contribution in [0, 0.1) is 0 Å². The first kappa shape index (κ1) is 12.7. The van der Waals surface area contributed by atoms with E-state index in [4.69, 9.17) is 15.2 Å². The van der Waals surface area contributed by atoms with Crippen LogP contribution in [0.1, 0.15) is 17.2 Å². The van der Waals surface area contributed by atoms with Crippen molar-refractivity contribution in [2.24, 2.45) is 5.73 Å². The van der Waals surface area contributed by atoms with Gasteiger partial charge >= 0.3 is 0 Å². The van der Waals surface area contributed by atoms with Gasteiger partial charge in [0.15, 0.2) is 0 Å². The molecule has 0 aromatic heterocycles. The summed E-state index contributed by atoms with van der Waals surface area (Å²) < 4.78 is 22.8. The third kappa shape index (κ3) is 2.43. The lowest BCUT2D eigenvalue weighted by atomic mass is 10.0. The summed E-state index contributed by atoms with van der Waals surface area (Å²) in [5, 5.41) is 9.66. The van der Waals surface area contributed by atoms with Crippen molar-refractivity contribution in [2.75, 3.05) is 20.8 Å². The molecule has 1 unspecified atom stereocenters. The van der Waals surface area contributed by atoms with Gasteiger partial charge in [-0.05, 0) is 6.07 Å². The maximum atomic E-state index is 12.7. The van der Waals surface area contributed by atoms with Crippen molar-refractivity contribution in [3.8, 4) is 11.5 Å². The average molecular weight is 229 g/mol. The fraction of sp³-hybridized carbons (Fsp3) is 0.455. The van der Waals surface area contributed by atoms with Crippen LogP contribution in [-0.4, -0.2) is 25.9 Å². The Morgan fingerprint density at radius 1 is 1.31 bits per heavy atom. The Labute approximate surface area is 93.8 Å². The van der Waals surface area contributed by atoms with Gasteiger partial charge in [-0.25, -0.2) is 4.39 Å². The zero-order valence-corrected chi connectivity index (χ0v) is 9.37. The summed E-state index contributed by atoms with van der Waals surface area (Å²) in [5.74, 6) is 0.833. The molecule has 1 atom stereocenters. The molecule has 0 aliphatic carbocycles. The second-order valence-corrected chi connectivity index (χ2v) is 3.29. The van der Waals surface area contributed by atoms with Gasteiger partial charge in [0.2, 0.25) is 0 Å². The topological polar surface area (TPSA) is 64.7 Å². The molecular formula is C11H16FNO3. The first-order valence-electron chi connectivity index (χ1n) is 4.86. The first-order valence-corrected chi connectivity index (χ1v) is 4.86. The predicted octanol–water partition coefficient (Wildman–Crippen LogP) is 1.17. The molecule has 90 valence electrons. The largest absolute Gasteiger partial charge is 0.496 e. The summed E-state index contributed by atoms with van der Waals surface area (Å²) in [4.78, 5) is 0. The molecule has 0 saturated carbocycles. The summed E-state index contributed by atoms with van der Waals surface area (Å²) in [6, 6.07) is 3.05. The molecule has 0 spiro atoms. The highest BCUT2D eigenvalue weighted by Gasteiger charge is 2.16. The third-order valence-electron chi connectivity index (χ3n) is 2.36. The molecule has 4 nitrogen and oxygen atoms in total. The van der Waals surface area contributed by atoms with Crippen LogP contribution in [0.3, 0.4) is 0 Å². The van der Waals surface area contributed by atoms with Crippen molar-refractivity contribution < 1.29 is 19.0 Å². The van der Waals surface area contributed by atoms with E-state index in [1.54, 1.807) is 6.07 Å². The van der Waals surface area contributed by atoms with Crippen LogP contribution in [0.5, 0.6) is 11.5 Å². The average Bonchev–Trinajstić information content (AvgIpc) is 2.35. The Bertz CT molecular complexity index is 357. The van der Waals surface area contributed by atoms with E-state index in [0.717, 1.165) is 0 Å². The van der Waals surface area contributed by atoms with Crippen molar-refractivity contribution in [3.05, 3.63) is 23.3 Å². The number of hydrogen-bond acceptors (Lipinski definition) is 4. The quantitative estimate of drug-likeness (QED) is 0.795. The molecule has 16 heavy (non-hydrogen) atoms. The zero-order valence-electron chi connectivity index (χ0n) is 9.37. The number of nitrogens with two attached hydrogens (primary N) is 1. The fourth-order valence-electron chi connectivity index (χ4n) is 1.48. The van der Waals surface area contributed by atoms with Crippen LogP contribution in [0.15, 0.2) is 12.1 Å². The van der Waals surface area contributed by atoms with Crippen molar-refractivity contribution in [3.63, 3.8) is 0 Å². The predicted molar refractivity (Wildman–Crippen MR) is 58.4 cm³/mol. The molecule has 0 fully saturated rings. The van der Waals surface area contributed by atoms with Crippen LogP contribution in [-0.2, 0) is 6.67 Å². The van der Waals surface area contributed by atoms with Crippen molar-refractivity contribution in [1.82, 2.24) is 0 Å². The van der Waals surface area contributed by atoms with Crippen LogP contribution in [0.2, 0.25) is 0 Å². The number of halogens is 1. The minimum atomic E-state index is -0.869. The highest BCUT2D eigenvalue weighted by Crippen LogP contribution is 2.33. The van der Waals surface area contributed by atoms with Gasteiger partial charge in [0, 0.05) is 23.7 Å². The summed E-state index contributed by atoms with van der Waals surface area (Å²) in [5.41, 5.74) is 6.20. The van der Waals surface area contributed by atoms with Gasteiger partial charge in [-0.2, -0.15) is 0 Å². The summed E-state index contributed by atoms with van der Waals surface area (Å²) in [7, 11) is 2.92. The smallest absolute Gasteiger partial charge is 0.128 e. The Morgan fingerprint density at radius 2 is 1.94 bits per heavy atom. The summed E-state index contributed by atoms with van der Waals surface area (Å²) in [6.07, 6.45) is -0.869. The van der Waals surface area contributed by atoms with E-state index in [1.807, 2.05) is 0 Å². The van der Waals surface area contributed by atoms with E-state index in [-0.39, 0.29) is 6.54 Å². The number of methoxy groups -OCH3 is 2. The number of aliphatic hydroxyl groups is 1. The first-order chi connectivity index (χ1) is 7.67. The number of benzene rings is 1. The Hall–Kier alpha value is -1.33. The van der Waals surface area contributed by atoms with E-state index in [9.17, 15) is 9.50 Å². The van der Waals surface area contributed by atoms with E-state index in [2.05, 4.69) is 0 Å². The molecule has 0 amide bonds. The zero-order chi connectivity index (χ0) is 12.1. The summed E-state index contributed by atoms with van der Waals surface area (Å²) in [6.45, 7) is -0.619. The van der Waals surface area contributed by atoms with Crippen LogP contribution in [0.4, 0.5) is 4.39 Å². The number of hydrogen-bond donors (Lipinski definition) is 2. The molecule has 3 N–H and O–H groups in total. The van der Waals surface area contributed by atoms with E-state index < -0.39 is 12.8 Å². The SMILES string of the molecule is COc1cc(OC)c(C(O)CN)cc1CF. The maximum absolute atomic E-state index is 12.7. The molecular weight excluding hydrogens is 213 g/mol. The van der Waals surface area contributed by atoms with E-state index in [1.165, 1.54) is 20.3 Å². The molecule has 5 heteroatoms. The molecule has 1 aromatic carbocycles. The van der Waals surface area contributed by atoms with Crippen molar-refractivity contribution in [2.45, 2.75) is 12.8 Å². The van der Waals surface area contributed by atoms with Crippen LogP contribution >= 0.6 is 0 Å². The molecule has 1 aromatic rings. The van der Waals surface area contributed by atoms with Gasteiger partial charge in [-0.15, -0.1) is 0 Å². The van der Waals surface area contributed by atoms with Crippen LogP contribution < -0.4 is 15.2 Å². The third-order valence-corrected chi connectivity index (χ3v) is 2.36. The second-order valence-electron chi connectivity index (χ2n) is 3.29. The number of alkyl halides is 1. The fourth-order valence-corrected chi connectivity index (χ4v) is 1.48. The molecule has 0 bridgehead atoms. The molecule has 0 aliphatic heterocycles. The Morgan fingerprint density at radius 3 is 2.38 bits per heavy atom. The minimum Gasteiger partial charge on any atom is -0.496 e. The van der Waals surface area contributed by atoms with Gasteiger partial charge in [-0.1, -0.05) is 0 Å². The maximum Gasteiger partial charge on any atom is 0.128 e. The molecule has 0 saturated heterocycles. The van der Waals surface area contributed by atoms with E-state index in [0.29, 0.717) is 22.6 Å².